The Bertz CT molecular complexity index is 1230. The minimum absolute atomic E-state index is 0.0327. The molecule has 0 bridgehead atoms. The lowest BCUT2D eigenvalue weighted by Crippen LogP contribution is -2.62. The van der Waals surface area contributed by atoms with Gasteiger partial charge in [0.1, 0.15) is 17.2 Å². The molecular weight excluding hydrogens is 462 g/mol. The molecular formula is C25H25ClF2N4O2. The number of H-pyrrole nitrogens is 1. The molecule has 0 unspecified atom stereocenters. The first-order chi connectivity index (χ1) is 16.4. The number of benzene rings is 2. The number of rotatable bonds is 7. The summed E-state index contributed by atoms with van der Waals surface area (Å²) >= 11 is 5.78. The van der Waals surface area contributed by atoms with Crippen molar-refractivity contribution >= 4 is 40.4 Å². The monoisotopic (exact) mass is 486 g/mol. The Morgan fingerprint density at radius 1 is 1.12 bits per heavy atom. The molecule has 0 aliphatic carbocycles. The number of piperidine rings is 1. The molecule has 178 valence electrons. The van der Waals surface area contributed by atoms with Gasteiger partial charge in [-0.25, -0.2) is 8.78 Å². The second kappa shape index (κ2) is 10.4. The molecule has 1 fully saturated rings. The van der Waals surface area contributed by atoms with Crippen LogP contribution >= 0.6 is 11.6 Å². The number of fused-ring (bicyclic) bond motifs is 1. The Morgan fingerprint density at radius 3 is 2.68 bits per heavy atom. The fourth-order valence-corrected chi connectivity index (χ4v) is 4.35. The van der Waals surface area contributed by atoms with Gasteiger partial charge in [0.05, 0.1) is 5.02 Å². The summed E-state index contributed by atoms with van der Waals surface area (Å²) in [6.07, 6.45) is 6.04. The van der Waals surface area contributed by atoms with Gasteiger partial charge in [-0.15, -0.1) is 0 Å². The fourth-order valence-electron chi connectivity index (χ4n) is 4.17. The number of aromatic nitrogens is 1. The van der Waals surface area contributed by atoms with Crippen LogP contribution in [0.15, 0.2) is 48.7 Å². The van der Waals surface area contributed by atoms with Gasteiger partial charge in [0.25, 0.3) is 0 Å². The Hall–Kier alpha value is -3.23. The maximum absolute atomic E-state index is 13.6. The number of hydrogen-bond acceptors (Lipinski definition) is 3. The molecule has 1 aromatic heterocycles. The number of aromatic amines is 1. The number of hydrogen-bond donors (Lipinski definition) is 4. The molecule has 0 atom stereocenters. The van der Waals surface area contributed by atoms with Crippen molar-refractivity contribution in [1.29, 1.82) is 0 Å². The predicted molar refractivity (Wildman–Crippen MR) is 128 cm³/mol. The van der Waals surface area contributed by atoms with Gasteiger partial charge in [-0.1, -0.05) is 17.7 Å². The quantitative estimate of drug-likeness (QED) is 0.384. The van der Waals surface area contributed by atoms with E-state index in [1.165, 1.54) is 42.5 Å². The van der Waals surface area contributed by atoms with E-state index in [0.29, 0.717) is 44.5 Å². The van der Waals surface area contributed by atoms with E-state index in [1.54, 1.807) is 6.07 Å². The van der Waals surface area contributed by atoms with E-state index in [0.717, 1.165) is 16.5 Å². The third kappa shape index (κ3) is 5.46. The van der Waals surface area contributed by atoms with E-state index < -0.39 is 17.3 Å². The molecule has 34 heavy (non-hydrogen) atoms. The lowest BCUT2D eigenvalue weighted by molar-refractivity contribution is -0.133. The standard InChI is InChI=1S/C25H25ClF2N4O2/c26-20-13-16(1-4-21(20)28)2-6-23(33)32-25(8-11-29-12-9-25)24(34)30-10-7-17-15-31-22-5-3-18(27)14-19(17)22/h1-6,13-15,29,31H,7-12H2,(H,30,34)(H,32,33). The van der Waals surface area contributed by atoms with Crippen LogP contribution in [0.25, 0.3) is 17.0 Å². The highest BCUT2D eigenvalue weighted by molar-refractivity contribution is 6.30. The Balaban J connectivity index is 1.40. The molecule has 0 spiro atoms. The Morgan fingerprint density at radius 2 is 1.91 bits per heavy atom. The van der Waals surface area contributed by atoms with Gasteiger partial charge < -0.3 is 20.9 Å². The van der Waals surface area contributed by atoms with Crippen molar-refractivity contribution in [3.8, 4) is 0 Å². The lowest BCUT2D eigenvalue weighted by Gasteiger charge is -2.36. The highest BCUT2D eigenvalue weighted by atomic mass is 35.5. The summed E-state index contributed by atoms with van der Waals surface area (Å²) in [7, 11) is 0. The van der Waals surface area contributed by atoms with E-state index in [1.807, 2.05) is 6.20 Å². The Kier molecular flexibility index (Phi) is 7.29. The average molecular weight is 487 g/mol. The van der Waals surface area contributed by atoms with E-state index >= 15 is 0 Å². The molecule has 4 rings (SSSR count). The summed E-state index contributed by atoms with van der Waals surface area (Å²) < 4.78 is 26.9. The van der Waals surface area contributed by atoms with Crippen LogP contribution in [0.5, 0.6) is 0 Å². The normalized spacial score (nSPS) is 15.5. The van der Waals surface area contributed by atoms with Gasteiger partial charge in [-0.05, 0) is 79.9 Å². The molecule has 2 amide bonds. The van der Waals surface area contributed by atoms with Crippen LogP contribution in [-0.2, 0) is 16.0 Å². The second-order valence-corrected chi connectivity index (χ2v) is 8.75. The van der Waals surface area contributed by atoms with E-state index in [4.69, 9.17) is 11.6 Å². The molecule has 3 aromatic rings. The van der Waals surface area contributed by atoms with Gasteiger partial charge in [0.2, 0.25) is 11.8 Å². The zero-order chi connectivity index (χ0) is 24.1. The van der Waals surface area contributed by atoms with Crippen molar-refractivity contribution in [3.63, 3.8) is 0 Å². The molecule has 1 aliphatic rings. The van der Waals surface area contributed by atoms with Crippen LogP contribution in [0.3, 0.4) is 0 Å². The zero-order valence-electron chi connectivity index (χ0n) is 18.4. The number of halogens is 3. The molecule has 1 saturated heterocycles. The zero-order valence-corrected chi connectivity index (χ0v) is 19.1. The minimum atomic E-state index is -1.04. The third-order valence-electron chi connectivity index (χ3n) is 6.03. The fraction of sp³-hybridized carbons (Fsp3) is 0.280. The van der Waals surface area contributed by atoms with Crippen LogP contribution in [0.4, 0.5) is 8.78 Å². The van der Waals surface area contributed by atoms with Crippen molar-refractivity contribution in [3.05, 3.63) is 76.5 Å². The molecule has 2 aromatic carbocycles. The average Bonchev–Trinajstić information content (AvgIpc) is 3.22. The predicted octanol–water partition coefficient (Wildman–Crippen LogP) is 3.71. The number of carbonyl (C=O) groups is 2. The topological polar surface area (TPSA) is 86.0 Å². The number of amides is 2. The number of carbonyl (C=O) groups excluding carboxylic acids is 2. The molecule has 4 N–H and O–H groups in total. The van der Waals surface area contributed by atoms with Crippen LogP contribution in [0, 0.1) is 11.6 Å². The molecule has 0 radical (unpaired) electrons. The van der Waals surface area contributed by atoms with Gasteiger partial charge in [-0.3, -0.25) is 9.59 Å². The largest absolute Gasteiger partial charge is 0.361 e. The van der Waals surface area contributed by atoms with E-state index in [9.17, 15) is 18.4 Å². The van der Waals surface area contributed by atoms with Gasteiger partial charge >= 0.3 is 0 Å². The van der Waals surface area contributed by atoms with Crippen LogP contribution < -0.4 is 16.0 Å². The summed E-state index contributed by atoms with van der Waals surface area (Å²) in [5, 5.41) is 9.75. The van der Waals surface area contributed by atoms with Crippen molar-refractivity contribution < 1.29 is 18.4 Å². The molecule has 6 nitrogen and oxygen atoms in total. The maximum atomic E-state index is 13.6. The minimum Gasteiger partial charge on any atom is -0.361 e. The first-order valence-electron chi connectivity index (χ1n) is 11.1. The van der Waals surface area contributed by atoms with Crippen molar-refractivity contribution in [1.82, 2.24) is 20.9 Å². The first kappa shape index (κ1) is 23.9. The summed E-state index contributed by atoms with van der Waals surface area (Å²) in [5.41, 5.74) is 1.26. The Labute approximate surface area is 200 Å². The third-order valence-corrected chi connectivity index (χ3v) is 6.32. The molecule has 9 heteroatoms. The highest BCUT2D eigenvalue weighted by Gasteiger charge is 2.40. The van der Waals surface area contributed by atoms with Crippen LogP contribution in [0.1, 0.15) is 24.0 Å². The molecule has 1 aliphatic heterocycles. The van der Waals surface area contributed by atoms with Crippen molar-refractivity contribution in [2.45, 2.75) is 24.8 Å². The molecule has 2 heterocycles. The van der Waals surface area contributed by atoms with Gasteiger partial charge in [-0.2, -0.15) is 0 Å². The van der Waals surface area contributed by atoms with Crippen LogP contribution in [0.2, 0.25) is 5.02 Å². The van der Waals surface area contributed by atoms with Gasteiger partial charge in [0.15, 0.2) is 0 Å². The van der Waals surface area contributed by atoms with Crippen molar-refractivity contribution in [2.75, 3.05) is 19.6 Å². The maximum Gasteiger partial charge on any atom is 0.245 e. The highest BCUT2D eigenvalue weighted by Crippen LogP contribution is 2.22. The smallest absolute Gasteiger partial charge is 0.245 e. The summed E-state index contributed by atoms with van der Waals surface area (Å²) in [5.74, 6) is -1.53. The second-order valence-electron chi connectivity index (χ2n) is 8.34. The van der Waals surface area contributed by atoms with E-state index in [-0.39, 0.29) is 16.7 Å². The van der Waals surface area contributed by atoms with E-state index in [2.05, 4.69) is 20.9 Å². The summed E-state index contributed by atoms with van der Waals surface area (Å²) in [6, 6.07) is 8.70. The summed E-state index contributed by atoms with van der Waals surface area (Å²) in [6.45, 7) is 1.52. The summed E-state index contributed by atoms with van der Waals surface area (Å²) in [4.78, 5) is 28.9. The van der Waals surface area contributed by atoms with Gasteiger partial charge in [0, 0.05) is 29.7 Å². The molecule has 0 saturated carbocycles. The van der Waals surface area contributed by atoms with Crippen LogP contribution in [-0.4, -0.2) is 42.0 Å². The first-order valence-corrected chi connectivity index (χ1v) is 11.4. The SMILES string of the molecule is O=C(C=Cc1ccc(F)c(Cl)c1)NC1(C(=O)NCCc2c[nH]c3ccc(F)cc23)CCNCC1. The van der Waals surface area contributed by atoms with Crippen molar-refractivity contribution in [2.24, 2.45) is 0 Å². The number of nitrogens with one attached hydrogen (secondary N) is 4. The lowest BCUT2D eigenvalue weighted by atomic mass is 9.87.